The smallest absolute Gasteiger partial charge is 0.191 e. The molecule has 2 aliphatic heterocycles. The molecule has 0 radical (unpaired) electrons. The number of methoxy groups -OCH3 is 1. The van der Waals surface area contributed by atoms with Crippen molar-refractivity contribution in [1.29, 1.82) is 0 Å². The van der Waals surface area contributed by atoms with E-state index in [-0.39, 0.29) is 5.60 Å². The van der Waals surface area contributed by atoms with Gasteiger partial charge in [-0.05, 0) is 11.1 Å². The minimum absolute atomic E-state index is 0.176. The maximum Gasteiger partial charge on any atom is 0.191 e. The van der Waals surface area contributed by atoms with Crippen LogP contribution in [-0.4, -0.2) is 76.7 Å². The van der Waals surface area contributed by atoms with Crippen LogP contribution >= 0.6 is 0 Å². The quantitative estimate of drug-likeness (QED) is 0.542. The topological polar surface area (TPSA) is 67.4 Å². The summed E-state index contributed by atoms with van der Waals surface area (Å²) in [6.07, 6.45) is 1.80. The molecule has 28 heavy (non-hydrogen) atoms. The predicted molar refractivity (Wildman–Crippen MR) is 111 cm³/mol. The van der Waals surface area contributed by atoms with Gasteiger partial charge < -0.3 is 24.8 Å². The number of benzene rings is 1. The van der Waals surface area contributed by atoms with E-state index in [2.05, 4.69) is 44.8 Å². The van der Waals surface area contributed by atoms with E-state index < -0.39 is 0 Å². The number of nitrogens with zero attached hydrogens (tertiary/aromatic N) is 2. The van der Waals surface area contributed by atoms with Crippen LogP contribution in [0.4, 0.5) is 0 Å². The van der Waals surface area contributed by atoms with Gasteiger partial charge >= 0.3 is 0 Å². The summed E-state index contributed by atoms with van der Waals surface area (Å²) in [5, 5.41) is 6.89. The van der Waals surface area contributed by atoms with Crippen molar-refractivity contribution in [1.82, 2.24) is 15.5 Å². The summed E-state index contributed by atoms with van der Waals surface area (Å²) in [6.45, 7) is 7.55. The lowest BCUT2D eigenvalue weighted by molar-refractivity contribution is -0.0855. The molecule has 2 aliphatic rings. The molecule has 0 saturated carbocycles. The highest BCUT2D eigenvalue weighted by Gasteiger charge is 2.32. The van der Waals surface area contributed by atoms with E-state index in [0.717, 1.165) is 78.0 Å². The Bertz CT molecular complexity index is 626. The van der Waals surface area contributed by atoms with Gasteiger partial charge in [0.05, 0.1) is 18.8 Å². The Kier molecular flexibility index (Phi) is 8.09. The van der Waals surface area contributed by atoms with Gasteiger partial charge in [0.2, 0.25) is 0 Å². The monoisotopic (exact) mass is 390 g/mol. The number of aliphatic imine (C=N–C) groups is 1. The second-order valence-electron chi connectivity index (χ2n) is 7.44. The van der Waals surface area contributed by atoms with Crippen molar-refractivity contribution in [2.75, 3.05) is 60.2 Å². The second kappa shape index (κ2) is 10.8. The predicted octanol–water partition coefficient (Wildman–Crippen LogP) is 1.38. The lowest BCUT2D eigenvalue weighted by Crippen LogP contribution is -2.50. The fourth-order valence-corrected chi connectivity index (χ4v) is 3.73. The molecule has 0 atom stereocenters. The highest BCUT2D eigenvalue weighted by Crippen LogP contribution is 2.23. The Morgan fingerprint density at radius 2 is 1.75 bits per heavy atom. The Hall–Kier alpha value is -1.67. The Morgan fingerprint density at radius 1 is 1.07 bits per heavy atom. The zero-order chi connectivity index (χ0) is 19.7. The fraction of sp³-hybridized carbons (Fsp3) is 0.667. The number of hydrogen-bond donors (Lipinski definition) is 2. The average Bonchev–Trinajstić information content (AvgIpc) is 2.76. The first-order chi connectivity index (χ1) is 13.7. The highest BCUT2D eigenvalue weighted by atomic mass is 16.5. The Balaban J connectivity index is 1.53. The van der Waals surface area contributed by atoms with Crippen molar-refractivity contribution in [2.45, 2.75) is 31.5 Å². The van der Waals surface area contributed by atoms with Gasteiger partial charge in [-0.15, -0.1) is 0 Å². The SMILES string of the molecule is CN=C(NCc1ccccc1CN1CCOCC1)NCC1(OC)CCOCC1. The summed E-state index contributed by atoms with van der Waals surface area (Å²) >= 11 is 0. The van der Waals surface area contributed by atoms with E-state index >= 15 is 0 Å². The van der Waals surface area contributed by atoms with Gasteiger partial charge in [0.15, 0.2) is 5.96 Å². The first kappa shape index (κ1) is 21.0. The van der Waals surface area contributed by atoms with E-state index in [9.17, 15) is 0 Å². The summed E-state index contributed by atoms with van der Waals surface area (Å²) in [5.74, 6) is 0.795. The third kappa shape index (κ3) is 5.91. The zero-order valence-corrected chi connectivity index (χ0v) is 17.2. The molecule has 7 nitrogen and oxygen atoms in total. The second-order valence-corrected chi connectivity index (χ2v) is 7.44. The molecule has 0 aliphatic carbocycles. The molecule has 1 aromatic carbocycles. The number of morpholine rings is 1. The molecule has 156 valence electrons. The molecule has 2 fully saturated rings. The van der Waals surface area contributed by atoms with Gasteiger partial charge in [0.25, 0.3) is 0 Å². The summed E-state index contributed by atoms with van der Waals surface area (Å²) in [7, 11) is 3.59. The van der Waals surface area contributed by atoms with Crippen LogP contribution in [0.2, 0.25) is 0 Å². The molecule has 0 amide bonds. The molecule has 2 saturated heterocycles. The summed E-state index contributed by atoms with van der Waals surface area (Å²) in [4.78, 5) is 6.83. The van der Waals surface area contributed by atoms with Crippen molar-refractivity contribution in [3.8, 4) is 0 Å². The molecule has 2 N–H and O–H groups in total. The van der Waals surface area contributed by atoms with Crippen molar-refractivity contribution >= 4 is 5.96 Å². The van der Waals surface area contributed by atoms with Crippen LogP contribution in [0.3, 0.4) is 0 Å². The van der Waals surface area contributed by atoms with Gasteiger partial charge in [0.1, 0.15) is 0 Å². The fourth-order valence-electron chi connectivity index (χ4n) is 3.73. The molecule has 2 heterocycles. The number of rotatable bonds is 7. The minimum Gasteiger partial charge on any atom is -0.381 e. The average molecular weight is 391 g/mol. The van der Waals surface area contributed by atoms with Gasteiger partial charge in [0, 0.05) is 72.9 Å². The van der Waals surface area contributed by atoms with E-state index in [4.69, 9.17) is 14.2 Å². The van der Waals surface area contributed by atoms with Crippen LogP contribution in [0.1, 0.15) is 24.0 Å². The van der Waals surface area contributed by atoms with Gasteiger partial charge in [-0.1, -0.05) is 24.3 Å². The third-order valence-electron chi connectivity index (χ3n) is 5.70. The Labute approximate surface area is 168 Å². The maximum atomic E-state index is 5.80. The van der Waals surface area contributed by atoms with Crippen LogP contribution in [-0.2, 0) is 27.3 Å². The van der Waals surface area contributed by atoms with E-state index in [0.29, 0.717) is 0 Å². The summed E-state index contributed by atoms with van der Waals surface area (Å²) < 4.78 is 16.7. The molecule has 0 bridgehead atoms. The first-order valence-corrected chi connectivity index (χ1v) is 10.2. The van der Waals surface area contributed by atoms with Gasteiger partial charge in [-0.25, -0.2) is 0 Å². The van der Waals surface area contributed by atoms with E-state index in [1.165, 1.54) is 11.1 Å². The summed E-state index contributed by atoms with van der Waals surface area (Å²) in [6, 6.07) is 8.60. The van der Waals surface area contributed by atoms with Crippen molar-refractivity contribution in [2.24, 2.45) is 4.99 Å². The number of hydrogen-bond acceptors (Lipinski definition) is 5. The molecule has 0 spiro atoms. The van der Waals surface area contributed by atoms with Crippen LogP contribution in [0, 0.1) is 0 Å². The van der Waals surface area contributed by atoms with Crippen molar-refractivity contribution in [3.63, 3.8) is 0 Å². The molecule has 0 unspecified atom stereocenters. The maximum absolute atomic E-state index is 5.80. The van der Waals surface area contributed by atoms with Gasteiger partial charge in [-0.2, -0.15) is 0 Å². The number of ether oxygens (including phenoxy) is 3. The largest absolute Gasteiger partial charge is 0.381 e. The number of guanidine groups is 1. The van der Waals surface area contributed by atoms with Crippen LogP contribution in [0.5, 0.6) is 0 Å². The van der Waals surface area contributed by atoms with E-state index in [1.807, 2.05) is 0 Å². The van der Waals surface area contributed by atoms with Crippen molar-refractivity contribution in [3.05, 3.63) is 35.4 Å². The third-order valence-corrected chi connectivity index (χ3v) is 5.70. The standard InChI is InChI=1S/C21H34N4O3/c1-22-20(24-17-21(26-2)7-11-27-12-8-21)23-15-18-5-3-4-6-19(18)16-25-9-13-28-14-10-25/h3-6H,7-17H2,1-2H3,(H2,22,23,24). The van der Waals surface area contributed by atoms with Gasteiger partial charge in [-0.3, -0.25) is 9.89 Å². The zero-order valence-electron chi connectivity index (χ0n) is 17.2. The van der Waals surface area contributed by atoms with Crippen LogP contribution in [0.25, 0.3) is 0 Å². The van der Waals surface area contributed by atoms with Crippen LogP contribution in [0.15, 0.2) is 29.3 Å². The van der Waals surface area contributed by atoms with Crippen LogP contribution < -0.4 is 10.6 Å². The normalized spacial score (nSPS) is 20.7. The highest BCUT2D eigenvalue weighted by molar-refractivity contribution is 5.79. The summed E-state index contributed by atoms with van der Waals surface area (Å²) in [5.41, 5.74) is 2.47. The lowest BCUT2D eigenvalue weighted by Gasteiger charge is -2.36. The molecule has 0 aromatic heterocycles. The molecular formula is C21H34N4O3. The minimum atomic E-state index is -0.176. The lowest BCUT2D eigenvalue weighted by atomic mass is 9.94. The molecule has 3 rings (SSSR count). The Morgan fingerprint density at radius 3 is 2.43 bits per heavy atom. The molecule has 1 aromatic rings. The molecule has 7 heteroatoms. The number of nitrogens with one attached hydrogen (secondary N) is 2. The first-order valence-electron chi connectivity index (χ1n) is 10.2. The molecular weight excluding hydrogens is 356 g/mol. The van der Waals surface area contributed by atoms with E-state index in [1.54, 1.807) is 14.2 Å². The van der Waals surface area contributed by atoms with Crippen molar-refractivity contribution < 1.29 is 14.2 Å².